The van der Waals surface area contributed by atoms with E-state index < -0.39 is 34.2 Å². The first-order valence-corrected chi connectivity index (χ1v) is 7.94. The average Bonchev–Trinajstić information content (AvgIpc) is 2.79. The number of nitrogens with one attached hydrogen (secondary N) is 1. The molecule has 23 heavy (non-hydrogen) atoms. The van der Waals surface area contributed by atoms with E-state index in [1.807, 2.05) is 0 Å². The predicted octanol–water partition coefficient (Wildman–Crippen LogP) is 0.199. The summed E-state index contributed by atoms with van der Waals surface area (Å²) in [5.74, 6) is -1.53. The maximum atomic E-state index is 12.2. The molecule has 1 amide bonds. The lowest BCUT2D eigenvalue weighted by Crippen LogP contribution is -2.29. The molecule has 0 radical (unpaired) electrons. The molecule has 2 N–H and O–H groups in total. The second-order valence-corrected chi connectivity index (χ2v) is 6.38. The van der Waals surface area contributed by atoms with E-state index in [1.54, 1.807) is 16.9 Å². The van der Waals surface area contributed by atoms with Crippen LogP contribution in [-0.2, 0) is 15.0 Å². The lowest BCUT2D eigenvalue weighted by atomic mass is 10.1. The molecular weight excluding hydrogens is 322 g/mol. The van der Waals surface area contributed by atoms with Crippen molar-refractivity contribution in [2.45, 2.75) is 0 Å². The van der Waals surface area contributed by atoms with Gasteiger partial charge in [-0.05, 0) is 30.3 Å². The van der Waals surface area contributed by atoms with Crippen LogP contribution in [0.5, 0.6) is 5.75 Å². The van der Waals surface area contributed by atoms with E-state index in [4.69, 9.17) is 0 Å². The predicted molar refractivity (Wildman–Crippen MR) is 80.2 cm³/mol. The van der Waals surface area contributed by atoms with Crippen LogP contribution < -0.4 is 9.03 Å². The largest absolute Gasteiger partial charge is 0.506 e. The molecule has 9 heteroatoms. The number of amides is 1. The number of hydrogen-bond donors (Lipinski definition) is 2. The Hall–Kier alpha value is -2.94. The highest BCUT2D eigenvalue weighted by molar-refractivity contribution is 7.92. The van der Waals surface area contributed by atoms with Crippen LogP contribution in [0.2, 0.25) is 0 Å². The minimum absolute atomic E-state index is 0.0825. The molecule has 2 heterocycles. The van der Waals surface area contributed by atoms with Gasteiger partial charge in [0.2, 0.25) is 5.78 Å². The summed E-state index contributed by atoms with van der Waals surface area (Å²) in [5, 5.41) is 10.0. The number of benzene rings is 1. The van der Waals surface area contributed by atoms with Crippen LogP contribution in [0.4, 0.5) is 5.69 Å². The Morgan fingerprint density at radius 3 is 2.61 bits per heavy atom. The topological polar surface area (TPSA) is 117 Å². The molecule has 1 fully saturated rings. The number of aromatic hydroxyl groups is 1. The minimum Gasteiger partial charge on any atom is -0.506 e. The van der Waals surface area contributed by atoms with Gasteiger partial charge in [-0.25, -0.2) is 9.03 Å². The number of carbonyl (C=O) groups excluding carboxylic acids is 2. The molecule has 1 aliphatic rings. The fourth-order valence-electron chi connectivity index (χ4n) is 2.18. The van der Waals surface area contributed by atoms with Crippen LogP contribution in [0.3, 0.4) is 0 Å². The van der Waals surface area contributed by atoms with Crippen molar-refractivity contribution in [3.05, 3.63) is 53.9 Å². The fraction of sp³-hybridized carbons (Fsp3) is 0.0714. The van der Waals surface area contributed by atoms with E-state index in [0.717, 1.165) is 10.4 Å². The van der Waals surface area contributed by atoms with Crippen molar-refractivity contribution in [2.24, 2.45) is 0 Å². The first kappa shape index (κ1) is 15.0. The Bertz CT molecular complexity index is 896. The molecule has 1 aromatic heterocycles. The van der Waals surface area contributed by atoms with E-state index >= 15 is 0 Å². The molecule has 2 aromatic rings. The van der Waals surface area contributed by atoms with Crippen molar-refractivity contribution in [3.63, 3.8) is 0 Å². The van der Waals surface area contributed by atoms with Gasteiger partial charge in [-0.1, -0.05) is 6.07 Å². The van der Waals surface area contributed by atoms with Crippen LogP contribution in [0, 0.1) is 0 Å². The van der Waals surface area contributed by atoms with Gasteiger partial charge in [0.05, 0.1) is 5.69 Å². The van der Waals surface area contributed by atoms with Crippen LogP contribution >= 0.6 is 0 Å². The highest BCUT2D eigenvalue weighted by Gasteiger charge is 2.35. The van der Waals surface area contributed by atoms with Gasteiger partial charge in [-0.3, -0.25) is 14.6 Å². The van der Waals surface area contributed by atoms with Gasteiger partial charge >= 0.3 is 10.2 Å². The zero-order valence-electron chi connectivity index (χ0n) is 11.6. The molecular formula is C14H11N3O5S. The van der Waals surface area contributed by atoms with Crippen molar-refractivity contribution in [3.8, 4) is 5.75 Å². The van der Waals surface area contributed by atoms with Gasteiger partial charge in [0.25, 0.3) is 5.91 Å². The summed E-state index contributed by atoms with van der Waals surface area (Å²) >= 11 is 0. The molecule has 3 rings (SSSR count). The molecule has 0 bridgehead atoms. The van der Waals surface area contributed by atoms with Gasteiger partial charge in [0.15, 0.2) is 0 Å². The van der Waals surface area contributed by atoms with Gasteiger partial charge in [0, 0.05) is 11.8 Å². The number of nitrogens with zero attached hydrogens (tertiary/aromatic N) is 2. The molecule has 118 valence electrons. The molecule has 0 saturated carbocycles. The monoisotopic (exact) mass is 333 g/mol. The van der Waals surface area contributed by atoms with Crippen LogP contribution in [0.15, 0.2) is 42.6 Å². The summed E-state index contributed by atoms with van der Waals surface area (Å²) in [4.78, 5) is 27.4. The Balaban J connectivity index is 1.96. The van der Waals surface area contributed by atoms with Gasteiger partial charge < -0.3 is 5.11 Å². The number of ketones is 1. The van der Waals surface area contributed by atoms with Crippen molar-refractivity contribution >= 4 is 27.6 Å². The van der Waals surface area contributed by atoms with Crippen molar-refractivity contribution < 1.29 is 23.1 Å². The van der Waals surface area contributed by atoms with Crippen molar-refractivity contribution in [1.82, 2.24) is 9.71 Å². The lowest BCUT2D eigenvalue weighted by Gasteiger charge is -2.16. The van der Waals surface area contributed by atoms with Crippen LogP contribution in [0.1, 0.15) is 16.1 Å². The standard InChI is InChI=1S/C14H11N3O5S/c18-12-7-9(14(20)10-3-1-2-6-15-10)4-5-11(12)17-8-13(19)16-23(17,21)22/h1-7,18H,8H2,(H,16,19). The maximum Gasteiger partial charge on any atom is 0.326 e. The molecule has 1 saturated heterocycles. The number of rotatable bonds is 3. The number of aromatic nitrogens is 1. The van der Waals surface area contributed by atoms with Crippen molar-refractivity contribution in [1.29, 1.82) is 0 Å². The third-order valence-electron chi connectivity index (χ3n) is 3.22. The number of carbonyl (C=O) groups is 2. The van der Waals surface area contributed by atoms with Gasteiger partial charge in [-0.2, -0.15) is 8.42 Å². The number of phenolic OH excluding ortho intramolecular Hbond substituents is 1. The Labute approximate surface area is 131 Å². The maximum absolute atomic E-state index is 12.2. The Kier molecular flexibility index (Phi) is 3.49. The molecule has 1 aromatic carbocycles. The molecule has 0 atom stereocenters. The normalized spacial score (nSPS) is 16.2. The SMILES string of the molecule is O=C1CN(c2ccc(C(=O)c3ccccn3)cc2O)S(=O)(=O)N1. The van der Waals surface area contributed by atoms with E-state index in [0.29, 0.717) is 0 Å². The summed E-state index contributed by atoms with van der Waals surface area (Å²) < 4.78 is 26.1. The highest BCUT2D eigenvalue weighted by Crippen LogP contribution is 2.31. The third-order valence-corrected chi connectivity index (χ3v) is 4.62. The summed E-state index contributed by atoms with van der Waals surface area (Å²) in [6.45, 7) is -0.427. The second kappa shape index (κ2) is 5.36. The van der Waals surface area contributed by atoms with E-state index in [2.05, 4.69) is 4.98 Å². The number of pyridine rings is 1. The minimum atomic E-state index is -4.02. The Morgan fingerprint density at radius 2 is 2.04 bits per heavy atom. The molecule has 0 spiro atoms. The first-order valence-electron chi connectivity index (χ1n) is 6.50. The average molecular weight is 333 g/mol. The zero-order valence-corrected chi connectivity index (χ0v) is 12.4. The molecule has 0 unspecified atom stereocenters. The summed E-state index contributed by atoms with van der Waals surface area (Å²) in [5.41, 5.74) is 0.270. The molecule has 8 nitrogen and oxygen atoms in total. The molecule has 1 aliphatic heterocycles. The van der Waals surface area contributed by atoms with Gasteiger partial charge in [0.1, 0.15) is 18.0 Å². The van der Waals surface area contributed by atoms with E-state index in [9.17, 15) is 23.1 Å². The highest BCUT2D eigenvalue weighted by atomic mass is 32.2. The first-order chi connectivity index (χ1) is 10.9. The fourth-order valence-corrected chi connectivity index (χ4v) is 3.34. The van der Waals surface area contributed by atoms with Crippen LogP contribution in [-0.4, -0.2) is 36.7 Å². The summed E-state index contributed by atoms with van der Waals surface area (Å²) in [6, 6.07) is 8.63. The van der Waals surface area contributed by atoms with Crippen LogP contribution in [0.25, 0.3) is 0 Å². The lowest BCUT2D eigenvalue weighted by molar-refractivity contribution is -0.117. The second-order valence-electron chi connectivity index (χ2n) is 4.78. The third kappa shape index (κ3) is 2.73. The zero-order chi connectivity index (χ0) is 16.6. The Morgan fingerprint density at radius 1 is 1.26 bits per heavy atom. The quantitative estimate of drug-likeness (QED) is 0.775. The molecule has 0 aliphatic carbocycles. The van der Waals surface area contributed by atoms with E-state index in [-0.39, 0.29) is 16.9 Å². The smallest absolute Gasteiger partial charge is 0.326 e. The number of anilines is 1. The summed E-state index contributed by atoms with van der Waals surface area (Å²) in [7, 11) is -4.02. The van der Waals surface area contributed by atoms with Crippen molar-refractivity contribution in [2.75, 3.05) is 10.8 Å². The number of phenols is 1. The van der Waals surface area contributed by atoms with E-state index in [1.165, 1.54) is 24.4 Å². The summed E-state index contributed by atoms with van der Waals surface area (Å²) in [6.07, 6.45) is 1.47. The number of hydrogen-bond acceptors (Lipinski definition) is 6. The van der Waals surface area contributed by atoms with Gasteiger partial charge in [-0.15, -0.1) is 0 Å².